The second-order valence-corrected chi connectivity index (χ2v) is 5.87. The van der Waals surface area contributed by atoms with Crippen LogP contribution in [0, 0.1) is 6.92 Å². The number of ether oxygens (including phenoxy) is 2. The van der Waals surface area contributed by atoms with Gasteiger partial charge in [-0.05, 0) is 38.1 Å². The lowest BCUT2D eigenvalue weighted by Gasteiger charge is -2.26. The summed E-state index contributed by atoms with van der Waals surface area (Å²) in [6, 6.07) is 7.68. The molecular weight excluding hydrogens is 346 g/mol. The highest BCUT2D eigenvalue weighted by Gasteiger charge is 2.28. The molecule has 2 aromatic rings. The second-order valence-electron chi connectivity index (χ2n) is 4.95. The molecule has 1 aliphatic heterocycles. The van der Waals surface area contributed by atoms with Crippen LogP contribution in [0.25, 0.3) is 0 Å². The lowest BCUT2D eigenvalue weighted by molar-refractivity contribution is 0.318. The fraction of sp³-hybridized carbons (Fsp3) is 0.250. The van der Waals surface area contributed by atoms with Gasteiger partial charge < -0.3 is 15.2 Å². The Kier molecular flexibility index (Phi) is 4.02. The quantitative estimate of drug-likeness (QED) is 0.653. The van der Waals surface area contributed by atoms with Gasteiger partial charge in [0.1, 0.15) is 11.8 Å². The first-order chi connectivity index (χ1) is 10.6. The summed E-state index contributed by atoms with van der Waals surface area (Å²) in [5.74, 6) is 1.44. The van der Waals surface area contributed by atoms with Gasteiger partial charge in [0.15, 0.2) is 5.75 Å². The molecule has 0 amide bonds. The van der Waals surface area contributed by atoms with Crippen LogP contribution in [0.2, 0.25) is 0 Å². The molecule has 0 saturated heterocycles. The second kappa shape index (κ2) is 5.96. The first kappa shape index (κ1) is 14.8. The molecule has 0 saturated carbocycles. The zero-order chi connectivity index (χ0) is 15.7. The summed E-state index contributed by atoms with van der Waals surface area (Å²) in [6.07, 6.45) is 1.72. The number of nitrogens with two attached hydrogens (primary N) is 1. The average molecular weight is 362 g/mol. The molecule has 114 valence electrons. The first-order valence-electron chi connectivity index (χ1n) is 6.98. The smallest absolute Gasteiger partial charge is 0.282 e. The Bertz CT molecular complexity index is 695. The molecule has 3 rings (SSSR count). The maximum atomic E-state index is 5.92. The molecule has 1 unspecified atom stereocenters. The summed E-state index contributed by atoms with van der Waals surface area (Å²) < 4.78 is 12.2. The summed E-state index contributed by atoms with van der Waals surface area (Å²) in [6.45, 7) is 4.29. The van der Waals surface area contributed by atoms with Crippen molar-refractivity contribution in [2.24, 2.45) is 10.7 Å². The number of rotatable bonds is 2. The number of aryl methyl sites for hydroxylation is 1. The zero-order valence-electron chi connectivity index (χ0n) is 12.3. The SMILES string of the molecule is CCOC(N)=NC1c2cc(Br)ccc2Oc2cnc(C)cc21. The van der Waals surface area contributed by atoms with Crippen LogP contribution in [0.15, 0.2) is 39.9 Å². The molecule has 1 atom stereocenters. The number of benzene rings is 1. The van der Waals surface area contributed by atoms with E-state index in [1.54, 1.807) is 6.20 Å². The van der Waals surface area contributed by atoms with Crippen molar-refractivity contribution in [3.05, 3.63) is 51.8 Å². The van der Waals surface area contributed by atoms with Crippen LogP contribution >= 0.6 is 15.9 Å². The normalized spacial score (nSPS) is 16.5. The van der Waals surface area contributed by atoms with Crippen LogP contribution in [-0.4, -0.2) is 17.6 Å². The van der Waals surface area contributed by atoms with Gasteiger partial charge in [-0.3, -0.25) is 4.98 Å². The van der Waals surface area contributed by atoms with Crippen molar-refractivity contribution in [2.75, 3.05) is 6.61 Å². The Morgan fingerprint density at radius 1 is 1.36 bits per heavy atom. The fourth-order valence-electron chi connectivity index (χ4n) is 2.43. The van der Waals surface area contributed by atoms with Crippen molar-refractivity contribution >= 4 is 22.0 Å². The Morgan fingerprint density at radius 3 is 2.91 bits per heavy atom. The van der Waals surface area contributed by atoms with Crippen molar-refractivity contribution in [1.82, 2.24) is 4.98 Å². The standard InChI is InChI=1S/C16H16BrN3O2/c1-3-21-16(18)20-15-11-6-9(2)19-8-14(11)22-13-5-4-10(17)7-12(13)15/h4-8,15H,3H2,1-2H3,(H2,18,20). The molecule has 5 nitrogen and oxygen atoms in total. The largest absolute Gasteiger partial charge is 0.466 e. The Labute approximate surface area is 137 Å². The van der Waals surface area contributed by atoms with Crippen molar-refractivity contribution in [3.63, 3.8) is 0 Å². The number of pyridine rings is 1. The number of hydrogen-bond donors (Lipinski definition) is 1. The zero-order valence-corrected chi connectivity index (χ0v) is 13.9. The summed E-state index contributed by atoms with van der Waals surface area (Å²) in [5, 5.41) is 0. The molecule has 0 radical (unpaired) electrons. The van der Waals surface area contributed by atoms with Gasteiger partial charge in [0.05, 0.1) is 12.8 Å². The molecule has 0 bridgehead atoms. The third-order valence-electron chi connectivity index (χ3n) is 3.36. The number of hydrogen-bond acceptors (Lipinski definition) is 4. The highest BCUT2D eigenvalue weighted by molar-refractivity contribution is 9.10. The van der Waals surface area contributed by atoms with Gasteiger partial charge in [-0.2, -0.15) is 0 Å². The minimum Gasteiger partial charge on any atom is -0.466 e. The van der Waals surface area contributed by atoms with E-state index in [0.29, 0.717) is 12.4 Å². The number of aromatic nitrogens is 1. The molecule has 2 heterocycles. The Morgan fingerprint density at radius 2 is 2.14 bits per heavy atom. The third kappa shape index (κ3) is 2.78. The van der Waals surface area contributed by atoms with Crippen LogP contribution in [0.3, 0.4) is 0 Å². The third-order valence-corrected chi connectivity index (χ3v) is 3.86. The minimum absolute atomic E-state index is 0.167. The van der Waals surface area contributed by atoms with E-state index in [-0.39, 0.29) is 12.1 Å². The minimum atomic E-state index is -0.274. The molecule has 2 N–H and O–H groups in total. The van der Waals surface area contributed by atoms with E-state index >= 15 is 0 Å². The van der Waals surface area contributed by atoms with E-state index in [2.05, 4.69) is 25.9 Å². The number of aliphatic imine (C=N–C) groups is 1. The van der Waals surface area contributed by atoms with Crippen molar-refractivity contribution in [2.45, 2.75) is 19.9 Å². The van der Waals surface area contributed by atoms with Gasteiger partial charge in [-0.25, -0.2) is 4.99 Å². The Balaban J connectivity index is 2.15. The van der Waals surface area contributed by atoms with Gasteiger partial charge in [0.2, 0.25) is 0 Å². The number of fused-ring (bicyclic) bond motifs is 2. The van der Waals surface area contributed by atoms with E-state index in [1.807, 2.05) is 38.1 Å². The maximum absolute atomic E-state index is 5.92. The van der Waals surface area contributed by atoms with Gasteiger partial charge in [-0.1, -0.05) is 15.9 Å². The van der Waals surface area contributed by atoms with E-state index in [9.17, 15) is 0 Å². The molecule has 6 heteroatoms. The van der Waals surface area contributed by atoms with Gasteiger partial charge in [0, 0.05) is 21.3 Å². The van der Waals surface area contributed by atoms with E-state index in [4.69, 9.17) is 15.2 Å². The van der Waals surface area contributed by atoms with Crippen molar-refractivity contribution < 1.29 is 9.47 Å². The Hall–Kier alpha value is -2.08. The van der Waals surface area contributed by atoms with Crippen LogP contribution in [0.5, 0.6) is 11.5 Å². The number of halogens is 1. The molecule has 0 aliphatic carbocycles. The maximum Gasteiger partial charge on any atom is 0.282 e. The van der Waals surface area contributed by atoms with E-state index < -0.39 is 0 Å². The van der Waals surface area contributed by atoms with Gasteiger partial charge in [0.25, 0.3) is 6.02 Å². The van der Waals surface area contributed by atoms with E-state index in [0.717, 1.165) is 27.0 Å². The van der Waals surface area contributed by atoms with Crippen LogP contribution < -0.4 is 10.5 Å². The number of amidine groups is 1. The predicted molar refractivity (Wildman–Crippen MR) is 88.3 cm³/mol. The van der Waals surface area contributed by atoms with E-state index in [1.165, 1.54) is 0 Å². The van der Waals surface area contributed by atoms with Crippen LogP contribution in [-0.2, 0) is 4.74 Å². The summed E-state index contributed by atoms with van der Waals surface area (Å²) in [4.78, 5) is 8.82. The molecule has 1 aromatic carbocycles. The average Bonchev–Trinajstić information content (AvgIpc) is 2.48. The molecule has 0 fully saturated rings. The van der Waals surface area contributed by atoms with Crippen LogP contribution in [0.4, 0.5) is 0 Å². The molecule has 1 aromatic heterocycles. The molecule has 0 spiro atoms. The fourth-order valence-corrected chi connectivity index (χ4v) is 2.81. The predicted octanol–water partition coefficient (Wildman–Crippen LogP) is 3.70. The number of nitrogens with zero attached hydrogens (tertiary/aromatic N) is 2. The lowest BCUT2D eigenvalue weighted by Crippen LogP contribution is -2.19. The lowest BCUT2D eigenvalue weighted by atomic mass is 9.95. The molecular formula is C16H16BrN3O2. The first-order valence-corrected chi connectivity index (χ1v) is 7.77. The molecule has 1 aliphatic rings. The van der Waals surface area contributed by atoms with Gasteiger partial charge in [-0.15, -0.1) is 0 Å². The monoisotopic (exact) mass is 361 g/mol. The van der Waals surface area contributed by atoms with Crippen molar-refractivity contribution in [1.29, 1.82) is 0 Å². The summed E-state index contributed by atoms with van der Waals surface area (Å²) in [5.41, 5.74) is 8.64. The molecule has 22 heavy (non-hydrogen) atoms. The topological polar surface area (TPSA) is 69.7 Å². The van der Waals surface area contributed by atoms with Crippen LogP contribution in [0.1, 0.15) is 29.8 Å². The highest BCUT2D eigenvalue weighted by Crippen LogP contribution is 2.45. The van der Waals surface area contributed by atoms with Crippen molar-refractivity contribution in [3.8, 4) is 11.5 Å². The summed E-state index contributed by atoms with van der Waals surface area (Å²) in [7, 11) is 0. The highest BCUT2D eigenvalue weighted by atomic mass is 79.9. The van der Waals surface area contributed by atoms with Gasteiger partial charge >= 0.3 is 0 Å². The summed E-state index contributed by atoms with van der Waals surface area (Å²) >= 11 is 3.49.